The summed E-state index contributed by atoms with van der Waals surface area (Å²) in [5.74, 6) is 0.809. The molecule has 128 valence electrons. The molecule has 2 aromatic rings. The fourth-order valence-corrected chi connectivity index (χ4v) is 2.82. The lowest BCUT2D eigenvalue weighted by molar-refractivity contribution is 0.0342. The number of aromatic nitrogens is 1. The summed E-state index contributed by atoms with van der Waals surface area (Å²) in [6.45, 7) is 7.88. The summed E-state index contributed by atoms with van der Waals surface area (Å²) in [4.78, 5) is 19.1. The molecule has 6 heteroatoms. The van der Waals surface area contributed by atoms with Crippen molar-refractivity contribution in [2.45, 2.75) is 19.9 Å². The Morgan fingerprint density at radius 3 is 2.71 bits per heavy atom. The highest BCUT2D eigenvalue weighted by Gasteiger charge is 2.21. The van der Waals surface area contributed by atoms with Crippen LogP contribution in [0.4, 0.5) is 0 Å². The number of rotatable bonds is 5. The first-order valence-corrected chi connectivity index (χ1v) is 8.27. The first kappa shape index (κ1) is 16.7. The molecular formula is C18H23N3O3. The average Bonchev–Trinajstić information content (AvgIpc) is 2.98. The molecule has 1 amide bonds. The molecule has 0 saturated carbocycles. The van der Waals surface area contributed by atoms with Crippen molar-refractivity contribution >= 4 is 5.91 Å². The van der Waals surface area contributed by atoms with E-state index in [9.17, 15) is 4.79 Å². The Morgan fingerprint density at radius 1 is 1.29 bits per heavy atom. The summed E-state index contributed by atoms with van der Waals surface area (Å²) in [5, 5.41) is 3.01. The zero-order valence-electron chi connectivity index (χ0n) is 14.1. The summed E-state index contributed by atoms with van der Waals surface area (Å²) in [6.07, 6.45) is 0. The largest absolute Gasteiger partial charge is 0.441 e. The maximum atomic E-state index is 12.5. The van der Waals surface area contributed by atoms with Crippen LogP contribution in [-0.2, 0) is 4.74 Å². The van der Waals surface area contributed by atoms with Gasteiger partial charge in [-0.2, -0.15) is 0 Å². The van der Waals surface area contributed by atoms with Gasteiger partial charge in [0.25, 0.3) is 5.91 Å². The van der Waals surface area contributed by atoms with Gasteiger partial charge in [-0.15, -0.1) is 0 Å². The second-order valence-electron chi connectivity index (χ2n) is 6.08. The van der Waals surface area contributed by atoms with E-state index in [2.05, 4.69) is 15.2 Å². The highest BCUT2D eigenvalue weighted by atomic mass is 16.5. The van der Waals surface area contributed by atoms with Crippen LogP contribution in [0.3, 0.4) is 0 Å². The van der Waals surface area contributed by atoms with Crippen LogP contribution in [-0.4, -0.2) is 54.7 Å². The lowest BCUT2D eigenvalue weighted by atomic mass is 10.2. The van der Waals surface area contributed by atoms with Gasteiger partial charge in [-0.1, -0.05) is 18.2 Å². The highest BCUT2D eigenvalue weighted by molar-refractivity contribution is 5.93. The fraction of sp³-hybridized carbons (Fsp3) is 0.444. The molecule has 3 rings (SSSR count). The van der Waals surface area contributed by atoms with Crippen LogP contribution in [0, 0.1) is 6.92 Å². The van der Waals surface area contributed by atoms with Gasteiger partial charge in [-0.25, -0.2) is 4.98 Å². The molecule has 1 unspecified atom stereocenters. The quantitative estimate of drug-likeness (QED) is 0.910. The Hall–Kier alpha value is -2.18. The normalized spacial score (nSPS) is 16.8. The standard InChI is InChI=1S/C18H23N3O3/c1-13(12-21-8-10-23-11-9-21)19-17(22)16-14(2)24-18(20-16)15-6-4-3-5-7-15/h3-7,13H,8-12H2,1-2H3,(H,19,22). The Labute approximate surface area is 141 Å². The minimum atomic E-state index is -0.195. The summed E-state index contributed by atoms with van der Waals surface area (Å²) >= 11 is 0. The van der Waals surface area contributed by atoms with E-state index < -0.39 is 0 Å². The van der Waals surface area contributed by atoms with Crippen molar-refractivity contribution in [2.24, 2.45) is 0 Å². The molecule has 6 nitrogen and oxygen atoms in total. The Kier molecular flexibility index (Phi) is 5.27. The van der Waals surface area contributed by atoms with Crippen LogP contribution >= 0.6 is 0 Å². The molecule has 1 aliphatic rings. The average molecular weight is 329 g/mol. The second-order valence-corrected chi connectivity index (χ2v) is 6.08. The van der Waals surface area contributed by atoms with Crippen molar-refractivity contribution in [3.05, 3.63) is 41.8 Å². The molecule has 0 aliphatic carbocycles. The van der Waals surface area contributed by atoms with Crippen molar-refractivity contribution in [3.63, 3.8) is 0 Å². The van der Waals surface area contributed by atoms with Gasteiger partial charge in [0.2, 0.25) is 5.89 Å². The number of ether oxygens (including phenoxy) is 1. The monoisotopic (exact) mass is 329 g/mol. The number of morpholine rings is 1. The molecule has 24 heavy (non-hydrogen) atoms. The van der Waals surface area contributed by atoms with E-state index in [0.29, 0.717) is 17.3 Å². The number of carbonyl (C=O) groups is 1. The van der Waals surface area contributed by atoms with Gasteiger partial charge in [0.05, 0.1) is 13.2 Å². The van der Waals surface area contributed by atoms with Crippen LogP contribution in [0.25, 0.3) is 11.5 Å². The smallest absolute Gasteiger partial charge is 0.273 e. The van der Waals surface area contributed by atoms with Crippen LogP contribution in [0.2, 0.25) is 0 Å². The predicted octanol–water partition coefficient (Wildman–Crippen LogP) is 2.10. The van der Waals surface area contributed by atoms with E-state index in [0.717, 1.165) is 38.4 Å². The van der Waals surface area contributed by atoms with Gasteiger partial charge >= 0.3 is 0 Å². The van der Waals surface area contributed by atoms with Crippen LogP contribution in [0.15, 0.2) is 34.7 Å². The molecule has 0 radical (unpaired) electrons. The Morgan fingerprint density at radius 2 is 2.00 bits per heavy atom. The molecule has 1 N–H and O–H groups in total. The van der Waals surface area contributed by atoms with Crippen LogP contribution < -0.4 is 5.32 Å². The number of benzene rings is 1. The van der Waals surface area contributed by atoms with E-state index >= 15 is 0 Å². The molecule has 2 heterocycles. The third-order valence-electron chi connectivity index (χ3n) is 4.05. The van der Waals surface area contributed by atoms with E-state index in [1.54, 1.807) is 6.92 Å². The summed E-state index contributed by atoms with van der Waals surface area (Å²) in [5.41, 5.74) is 1.21. The van der Waals surface area contributed by atoms with E-state index in [-0.39, 0.29) is 11.9 Å². The predicted molar refractivity (Wildman–Crippen MR) is 90.9 cm³/mol. The Bertz CT molecular complexity index is 678. The number of nitrogens with zero attached hydrogens (tertiary/aromatic N) is 2. The van der Waals surface area contributed by atoms with Crippen molar-refractivity contribution in [3.8, 4) is 11.5 Å². The third-order valence-corrected chi connectivity index (χ3v) is 4.05. The van der Waals surface area contributed by atoms with E-state index in [1.807, 2.05) is 37.3 Å². The van der Waals surface area contributed by atoms with E-state index in [4.69, 9.17) is 9.15 Å². The second kappa shape index (κ2) is 7.59. The van der Waals surface area contributed by atoms with Crippen molar-refractivity contribution in [1.82, 2.24) is 15.2 Å². The fourth-order valence-electron chi connectivity index (χ4n) is 2.82. The lowest BCUT2D eigenvalue weighted by Crippen LogP contribution is -2.46. The third kappa shape index (κ3) is 4.01. The lowest BCUT2D eigenvalue weighted by Gasteiger charge is -2.29. The number of oxazole rings is 1. The Balaban J connectivity index is 1.63. The molecule has 1 atom stereocenters. The molecule has 1 aromatic heterocycles. The first-order chi connectivity index (χ1) is 11.6. The molecule has 0 bridgehead atoms. The van der Waals surface area contributed by atoms with Crippen LogP contribution in [0.1, 0.15) is 23.2 Å². The van der Waals surface area contributed by atoms with Gasteiger partial charge < -0.3 is 14.5 Å². The number of aryl methyl sites for hydroxylation is 1. The van der Waals surface area contributed by atoms with Crippen LogP contribution in [0.5, 0.6) is 0 Å². The molecule has 1 aromatic carbocycles. The topological polar surface area (TPSA) is 67.6 Å². The van der Waals surface area contributed by atoms with Gasteiger partial charge in [0.1, 0.15) is 5.76 Å². The highest BCUT2D eigenvalue weighted by Crippen LogP contribution is 2.21. The maximum absolute atomic E-state index is 12.5. The van der Waals surface area contributed by atoms with Gasteiger partial charge in [0.15, 0.2) is 5.69 Å². The molecule has 0 spiro atoms. The summed E-state index contributed by atoms with van der Waals surface area (Å²) < 4.78 is 11.0. The first-order valence-electron chi connectivity index (χ1n) is 8.27. The number of nitrogens with one attached hydrogen (secondary N) is 1. The van der Waals surface area contributed by atoms with E-state index in [1.165, 1.54) is 0 Å². The minimum absolute atomic E-state index is 0.0341. The zero-order valence-corrected chi connectivity index (χ0v) is 14.1. The SMILES string of the molecule is Cc1oc(-c2ccccc2)nc1C(=O)NC(C)CN1CCOCC1. The summed E-state index contributed by atoms with van der Waals surface area (Å²) in [7, 11) is 0. The number of hydrogen-bond donors (Lipinski definition) is 1. The molecule has 1 saturated heterocycles. The van der Waals surface area contributed by atoms with Crippen molar-refractivity contribution in [2.75, 3.05) is 32.8 Å². The maximum Gasteiger partial charge on any atom is 0.273 e. The molecule has 1 fully saturated rings. The number of hydrogen-bond acceptors (Lipinski definition) is 5. The minimum Gasteiger partial charge on any atom is -0.441 e. The van der Waals surface area contributed by atoms with Crippen molar-refractivity contribution < 1.29 is 13.9 Å². The zero-order chi connectivity index (χ0) is 16.9. The summed E-state index contributed by atoms with van der Waals surface area (Å²) in [6, 6.07) is 9.62. The van der Waals surface area contributed by atoms with Gasteiger partial charge in [-0.05, 0) is 26.0 Å². The number of amides is 1. The van der Waals surface area contributed by atoms with Crippen molar-refractivity contribution in [1.29, 1.82) is 0 Å². The van der Waals surface area contributed by atoms with Gasteiger partial charge in [-0.3, -0.25) is 9.69 Å². The molecular weight excluding hydrogens is 306 g/mol. The number of carbonyl (C=O) groups excluding carboxylic acids is 1. The molecule has 1 aliphatic heterocycles. The van der Waals surface area contributed by atoms with Gasteiger partial charge in [0, 0.05) is 31.2 Å².